The molecular weight excluding hydrogens is 450 g/mol. The van der Waals surface area contributed by atoms with E-state index in [0.717, 1.165) is 29.9 Å². The lowest BCUT2D eigenvalue weighted by molar-refractivity contribution is -0.122. The molecule has 184 valence electrons. The van der Waals surface area contributed by atoms with Gasteiger partial charge in [0, 0.05) is 35.9 Å². The van der Waals surface area contributed by atoms with E-state index < -0.39 is 11.6 Å². The summed E-state index contributed by atoms with van der Waals surface area (Å²) >= 11 is 6.49. The Balaban J connectivity index is 1.84. The van der Waals surface area contributed by atoms with E-state index in [2.05, 4.69) is 29.4 Å². The summed E-state index contributed by atoms with van der Waals surface area (Å²) in [5.41, 5.74) is 2.42. The fraction of sp³-hybridized carbons (Fsp3) is 0.481. The predicted molar refractivity (Wildman–Crippen MR) is 139 cm³/mol. The van der Waals surface area contributed by atoms with Crippen molar-refractivity contribution in [3.63, 3.8) is 0 Å². The third-order valence-electron chi connectivity index (χ3n) is 6.18. The number of carbonyl (C=O) groups is 2. The van der Waals surface area contributed by atoms with Crippen molar-refractivity contribution in [2.24, 2.45) is 5.41 Å². The fourth-order valence-corrected chi connectivity index (χ4v) is 4.50. The third-order valence-corrected chi connectivity index (χ3v) is 6.54. The van der Waals surface area contributed by atoms with Crippen molar-refractivity contribution in [3.05, 3.63) is 58.6 Å². The molecule has 1 atom stereocenters. The minimum atomic E-state index is -1.16. The largest absolute Gasteiger partial charge is 0.449 e. The number of alkyl carbamates (subject to hydrolysis) is 1. The smallest absolute Gasteiger partial charge is 0.408 e. The number of hydrogen-bond acceptors (Lipinski definition) is 4. The summed E-state index contributed by atoms with van der Waals surface area (Å²) in [6.45, 7) is 12.3. The van der Waals surface area contributed by atoms with Gasteiger partial charge in [-0.2, -0.15) is 0 Å². The quantitative estimate of drug-likeness (QED) is 0.518. The molecule has 2 N–H and O–H groups in total. The van der Waals surface area contributed by atoms with Crippen molar-refractivity contribution >= 4 is 35.0 Å². The van der Waals surface area contributed by atoms with Crippen molar-refractivity contribution in [2.45, 2.75) is 59.4 Å². The Bertz CT molecular complexity index is 1010. The van der Waals surface area contributed by atoms with Gasteiger partial charge in [-0.3, -0.25) is 4.79 Å². The summed E-state index contributed by atoms with van der Waals surface area (Å²) in [6.07, 6.45) is 0.783. The van der Waals surface area contributed by atoms with Gasteiger partial charge in [-0.25, -0.2) is 4.79 Å². The first-order valence-corrected chi connectivity index (χ1v) is 12.3. The zero-order valence-corrected chi connectivity index (χ0v) is 21.6. The van der Waals surface area contributed by atoms with Crippen LogP contribution in [0.3, 0.4) is 0 Å². The number of fused-ring (bicyclic) bond motifs is 1. The van der Waals surface area contributed by atoms with Crippen molar-refractivity contribution in [2.75, 3.05) is 29.9 Å². The van der Waals surface area contributed by atoms with Crippen LogP contribution in [0.5, 0.6) is 0 Å². The summed E-state index contributed by atoms with van der Waals surface area (Å²) in [4.78, 5) is 28.6. The molecule has 0 bridgehead atoms. The molecule has 3 rings (SSSR count). The number of ether oxygens (including phenoxy) is 1. The molecule has 0 fully saturated rings. The minimum Gasteiger partial charge on any atom is -0.449 e. The van der Waals surface area contributed by atoms with Gasteiger partial charge in [0.2, 0.25) is 0 Å². The van der Waals surface area contributed by atoms with Crippen LogP contribution >= 0.6 is 11.6 Å². The maximum atomic E-state index is 13.6. The molecule has 0 saturated carbocycles. The highest BCUT2D eigenvalue weighted by molar-refractivity contribution is 6.31. The molecule has 0 aromatic heterocycles. The lowest BCUT2D eigenvalue weighted by Gasteiger charge is -2.37. The molecule has 0 unspecified atom stereocenters. The number of aryl methyl sites for hydroxylation is 1. The van der Waals surface area contributed by atoms with Gasteiger partial charge in [-0.1, -0.05) is 44.5 Å². The Morgan fingerprint density at radius 1 is 1.09 bits per heavy atom. The van der Waals surface area contributed by atoms with Crippen LogP contribution < -0.4 is 15.5 Å². The molecule has 0 aliphatic heterocycles. The lowest BCUT2D eigenvalue weighted by Crippen LogP contribution is -2.60. The fourth-order valence-electron chi connectivity index (χ4n) is 4.24. The Morgan fingerprint density at radius 3 is 2.38 bits per heavy atom. The van der Waals surface area contributed by atoms with Gasteiger partial charge in [0.05, 0.1) is 6.61 Å². The van der Waals surface area contributed by atoms with Gasteiger partial charge in [0.25, 0.3) is 5.91 Å². The first kappa shape index (κ1) is 25.9. The second-order valence-corrected chi connectivity index (χ2v) is 10.5. The van der Waals surface area contributed by atoms with Crippen LogP contribution in [0.1, 0.15) is 52.2 Å². The molecule has 2 aromatic rings. The maximum absolute atomic E-state index is 13.6. The summed E-state index contributed by atoms with van der Waals surface area (Å²) < 4.78 is 5.45. The Morgan fingerprint density at radius 2 is 1.76 bits per heavy atom. The molecule has 7 heteroatoms. The molecular formula is C27H36ClN3O3. The average molecular weight is 486 g/mol. The number of hydrogen-bond donors (Lipinski definition) is 2. The van der Waals surface area contributed by atoms with E-state index in [-0.39, 0.29) is 17.9 Å². The van der Waals surface area contributed by atoms with Gasteiger partial charge in [0.1, 0.15) is 5.54 Å². The van der Waals surface area contributed by atoms with Gasteiger partial charge in [-0.05, 0) is 73.6 Å². The predicted octanol–water partition coefficient (Wildman–Crippen LogP) is 5.82. The van der Waals surface area contributed by atoms with Crippen LogP contribution in [-0.2, 0) is 22.4 Å². The SMILES string of the molecule is CCN(CC)c1ccc(NC(=O)[C@@]2(NC(=O)OCC(C)(C)C)CCc3cccc(Cl)c3C2)cc1. The van der Waals surface area contributed by atoms with E-state index in [1.807, 2.05) is 63.2 Å². The Hall–Kier alpha value is -2.73. The van der Waals surface area contributed by atoms with Crippen LogP contribution in [0.4, 0.5) is 16.2 Å². The zero-order valence-electron chi connectivity index (χ0n) is 20.8. The highest BCUT2D eigenvalue weighted by Crippen LogP contribution is 2.34. The Labute approximate surface area is 208 Å². The number of amides is 2. The van der Waals surface area contributed by atoms with Gasteiger partial charge in [-0.15, -0.1) is 0 Å². The van der Waals surface area contributed by atoms with Crippen LogP contribution in [0.15, 0.2) is 42.5 Å². The van der Waals surface area contributed by atoms with Crippen LogP contribution in [-0.4, -0.2) is 37.2 Å². The number of halogens is 1. The average Bonchev–Trinajstić information content (AvgIpc) is 2.80. The molecule has 0 radical (unpaired) electrons. The van der Waals surface area contributed by atoms with Gasteiger partial charge in [0.15, 0.2) is 0 Å². The van der Waals surface area contributed by atoms with Gasteiger partial charge >= 0.3 is 6.09 Å². The monoisotopic (exact) mass is 485 g/mol. The van der Waals surface area contributed by atoms with E-state index in [1.165, 1.54) is 0 Å². The van der Waals surface area contributed by atoms with E-state index in [4.69, 9.17) is 16.3 Å². The summed E-state index contributed by atoms with van der Waals surface area (Å²) in [6, 6.07) is 13.5. The molecule has 1 aliphatic carbocycles. The standard InChI is InChI=1S/C27H36ClN3O3/c1-6-31(7-2)21-13-11-20(12-14-21)29-24(32)27(30-25(33)34-18-26(3,4)5)16-15-19-9-8-10-23(28)22(19)17-27/h8-14H,6-7,15-18H2,1-5H3,(H,29,32)(H,30,33)/t27-/m1/s1. The molecule has 6 nitrogen and oxygen atoms in total. The molecule has 2 aromatic carbocycles. The number of nitrogens with one attached hydrogen (secondary N) is 2. The van der Waals surface area contributed by atoms with E-state index in [0.29, 0.717) is 30.0 Å². The number of nitrogens with zero attached hydrogens (tertiary/aromatic N) is 1. The van der Waals surface area contributed by atoms with Gasteiger partial charge < -0.3 is 20.3 Å². The normalized spacial score (nSPS) is 17.5. The van der Waals surface area contributed by atoms with E-state index in [1.54, 1.807) is 0 Å². The molecule has 0 saturated heterocycles. The van der Waals surface area contributed by atoms with E-state index >= 15 is 0 Å². The highest BCUT2D eigenvalue weighted by atomic mass is 35.5. The topological polar surface area (TPSA) is 70.7 Å². The summed E-state index contributed by atoms with van der Waals surface area (Å²) in [5, 5.41) is 6.51. The molecule has 2 amide bonds. The molecule has 0 spiro atoms. The number of benzene rings is 2. The minimum absolute atomic E-state index is 0.179. The van der Waals surface area contributed by atoms with Crippen LogP contribution in [0.2, 0.25) is 5.02 Å². The number of anilines is 2. The van der Waals surface area contributed by atoms with Crippen molar-refractivity contribution in [1.82, 2.24) is 5.32 Å². The molecule has 34 heavy (non-hydrogen) atoms. The maximum Gasteiger partial charge on any atom is 0.408 e. The van der Waals surface area contributed by atoms with Crippen LogP contribution in [0.25, 0.3) is 0 Å². The van der Waals surface area contributed by atoms with Crippen molar-refractivity contribution in [3.8, 4) is 0 Å². The molecule has 1 aliphatic rings. The first-order valence-electron chi connectivity index (χ1n) is 11.9. The highest BCUT2D eigenvalue weighted by Gasteiger charge is 2.44. The second-order valence-electron chi connectivity index (χ2n) is 10.1. The third kappa shape index (κ3) is 6.23. The number of rotatable bonds is 7. The van der Waals surface area contributed by atoms with E-state index in [9.17, 15) is 9.59 Å². The second kappa shape index (κ2) is 10.7. The zero-order chi connectivity index (χ0) is 24.9. The molecule has 0 heterocycles. The van der Waals surface area contributed by atoms with Crippen LogP contribution in [0, 0.1) is 5.41 Å². The first-order chi connectivity index (χ1) is 16.1. The summed E-state index contributed by atoms with van der Waals surface area (Å²) in [5.74, 6) is -0.277. The Kier molecular flexibility index (Phi) is 8.13. The number of carbonyl (C=O) groups excluding carboxylic acids is 2. The van der Waals surface area contributed by atoms with Crippen molar-refractivity contribution in [1.29, 1.82) is 0 Å². The van der Waals surface area contributed by atoms with Crippen molar-refractivity contribution < 1.29 is 14.3 Å². The summed E-state index contributed by atoms with van der Waals surface area (Å²) in [7, 11) is 0. The lowest BCUT2D eigenvalue weighted by atomic mass is 9.77.